The van der Waals surface area contributed by atoms with Gasteiger partial charge in [-0.3, -0.25) is 14.2 Å². The zero-order chi connectivity index (χ0) is 23.4. The Hall–Kier alpha value is -3.26. The van der Waals surface area contributed by atoms with Gasteiger partial charge in [0.2, 0.25) is 5.91 Å². The molecule has 0 aliphatic carbocycles. The first kappa shape index (κ1) is 22.9. The second-order valence-electron chi connectivity index (χ2n) is 8.42. The number of aryl methyl sites for hydroxylation is 1. The number of nitrogens with one attached hydrogen (secondary N) is 1. The predicted molar refractivity (Wildman–Crippen MR) is 128 cm³/mol. The number of benzene rings is 2. The molecule has 1 atom stereocenters. The minimum atomic E-state index is -0.362. The summed E-state index contributed by atoms with van der Waals surface area (Å²) in [5.41, 5.74) is 2.18. The van der Waals surface area contributed by atoms with Gasteiger partial charge in [-0.15, -0.1) is 0 Å². The van der Waals surface area contributed by atoms with E-state index in [0.29, 0.717) is 10.9 Å². The number of halogens is 1. The van der Waals surface area contributed by atoms with Crippen molar-refractivity contribution in [2.24, 2.45) is 0 Å². The monoisotopic (exact) mass is 451 g/mol. The van der Waals surface area contributed by atoms with Crippen molar-refractivity contribution in [2.75, 3.05) is 37.6 Å². The number of fused-ring (bicyclic) bond motifs is 1. The van der Waals surface area contributed by atoms with Gasteiger partial charge in [-0.2, -0.15) is 0 Å². The quantitative estimate of drug-likeness (QED) is 0.598. The van der Waals surface area contributed by atoms with Crippen LogP contribution < -0.4 is 15.8 Å². The summed E-state index contributed by atoms with van der Waals surface area (Å²) in [6, 6.07) is 11.6. The van der Waals surface area contributed by atoms with Gasteiger partial charge >= 0.3 is 0 Å². The van der Waals surface area contributed by atoms with Crippen molar-refractivity contribution < 1.29 is 9.18 Å². The van der Waals surface area contributed by atoms with Gasteiger partial charge in [0.15, 0.2) is 0 Å². The highest BCUT2D eigenvalue weighted by molar-refractivity contribution is 5.78. The standard InChI is InChI=1S/C25H30FN5O2/c1-3-29-12-14-30(15-13-29)23-9-8-19(26)16-21(23)18(2)28-24(32)10-11-31-17-27-22-7-5-4-6-20(22)25(31)33/h4-9,16-18H,3,10-15H2,1-2H3,(H,28,32)/t18-/m0/s1. The highest BCUT2D eigenvalue weighted by atomic mass is 19.1. The van der Waals surface area contributed by atoms with Crippen LogP contribution in [0.2, 0.25) is 0 Å². The van der Waals surface area contributed by atoms with E-state index in [2.05, 4.69) is 27.0 Å². The summed E-state index contributed by atoms with van der Waals surface area (Å²) in [5.74, 6) is -0.524. The average molecular weight is 452 g/mol. The molecule has 8 heteroatoms. The van der Waals surface area contributed by atoms with Crippen LogP contribution in [0, 0.1) is 5.82 Å². The Bertz CT molecular complexity index is 1190. The topological polar surface area (TPSA) is 70.5 Å². The molecule has 33 heavy (non-hydrogen) atoms. The summed E-state index contributed by atoms with van der Waals surface area (Å²) in [4.78, 5) is 34.2. The Morgan fingerprint density at radius 2 is 1.91 bits per heavy atom. The second kappa shape index (κ2) is 10.1. The maximum Gasteiger partial charge on any atom is 0.261 e. The first-order valence-electron chi connectivity index (χ1n) is 11.5. The van der Waals surface area contributed by atoms with E-state index in [9.17, 15) is 14.0 Å². The maximum atomic E-state index is 14.1. The highest BCUT2D eigenvalue weighted by Crippen LogP contribution is 2.28. The number of para-hydroxylation sites is 1. The van der Waals surface area contributed by atoms with Crippen molar-refractivity contribution in [1.29, 1.82) is 0 Å². The Balaban J connectivity index is 1.42. The van der Waals surface area contributed by atoms with E-state index in [1.54, 1.807) is 24.3 Å². The minimum absolute atomic E-state index is 0.129. The molecule has 1 N–H and O–H groups in total. The van der Waals surface area contributed by atoms with Gasteiger partial charge in [0, 0.05) is 50.4 Å². The molecule has 1 amide bonds. The number of anilines is 1. The number of hydrogen-bond acceptors (Lipinski definition) is 5. The number of amides is 1. The van der Waals surface area contributed by atoms with Crippen molar-refractivity contribution in [2.45, 2.75) is 32.9 Å². The van der Waals surface area contributed by atoms with Gasteiger partial charge < -0.3 is 15.1 Å². The first-order chi connectivity index (χ1) is 16.0. The molecule has 1 aliphatic rings. The molecule has 2 aromatic carbocycles. The van der Waals surface area contributed by atoms with Crippen molar-refractivity contribution in [3.8, 4) is 0 Å². The molecule has 4 rings (SSSR count). The van der Waals surface area contributed by atoms with Gasteiger partial charge in [0.25, 0.3) is 5.56 Å². The maximum absolute atomic E-state index is 14.1. The smallest absolute Gasteiger partial charge is 0.261 e. The Morgan fingerprint density at radius 1 is 1.15 bits per heavy atom. The highest BCUT2D eigenvalue weighted by Gasteiger charge is 2.22. The molecule has 7 nitrogen and oxygen atoms in total. The van der Waals surface area contributed by atoms with Crippen molar-refractivity contribution in [1.82, 2.24) is 19.8 Å². The molecule has 1 aromatic heterocycles. The summed E-state index contributed by atoms with van der Waals surface area (Å²) in [7, 11) is 0. The second-order valence-corrected chi connectivity index (χ2v) is 8.42. The number of hydrogen-bond donors (Lipinski definition) is 1. The molecule has 0 saturated carbocycles. The lowest BCUT2D eigenvalue weighted by Crippen LogP contribution is -2.46. The van der Waals surface area contributed by atoms with Crippen LogP contribution >= 0.6 is 0 Å². The lowest BCUT2D eigenvalue weighted by molar-refractivity contribution is -0.121. The number of likely N-dealkylation sites (N-methyl/N-ethyl adjacent to an activating group) is 1. The fourth-order valence-electron chi connectivity index (χ4n) is 4.34. The molecular formula is C25H30FN5O2. The van der Waals surface area contributed by atoms with Crippen LogP contribution in [-0.2, 0) is 11.3 Å². The normalized spacial score (nSPS) is 15.5. The molecule has 1 aliphatic heterocycles. The van der Waals surface area contributed by atoms with E-state index in [-0.39, 0.29) is 36.3 Å². The first-order valence-corrected chi connectivity index (χ1v) is 11.5. The molecular weight excluding hydrogens is 421 g/mol. The van der Waals surface area contributed by atoms with E-state index in [0.717, 1.165) is 44.0 Å². The van der Waals surface area contributed by atoms with Crippen LogP contribution in [0.4, 0.5) is 10.1 Å². The third-order valence-electron chi connectivity index (χ3n) is 6.31. The van der Waals surface area contributed by atoms with Crippen LogP contribution in [0.25, 0.3) is 10.9 Å². The van der Waals surface area contributed by atoms with Gasteiger partial charge in [-0.1, -0.05) is 19.1 Å². The van der Waals surface area contributed by atoms with Gasteiger partial charge in [0.05, 0.1) is 23.3 Å². The van der Waals surface area contributed by atoms with Crippen molar-refractivity contribution >= 4 is 22.5 Å². The molecule has 0 bridgehead atoms. The number of aromatic nitrogens is 2. The van der Waals surface area contributed by atoms with E-state index < -0.39 is 0 Å². The van der Waals surface area contributed by atoms with Crippen LogP contribution in [0.1, 0.15) is 31.9 Å². The molecule has 1 saturated heterocycles. The van der Waals surface area contributed by atoms with Crippen molar-refractivity contribution in [3.05, 3.63) is 70.5 Å². The molecule has 174 valence electrons. The average Bonchev–Trinajstić information content (AvgIpc) is 2.84. The minimum Gasteiger partial charge on any atom is -0.369 e. The van der Waals surface area contributed by atoms with Gasteiger partial charge in [-0.25, -0.2) is 9.37 Å². The van der Waals surface area contributed by atoms with Gasteiger partial charge in [-0.05, 0) is 43.8 Å². The molecule has 1 fully saturated rings. The summed E-state index contributed by atoms with van der Waals surface area (Å²) in [5, 5.41) is 3.50. The predicted octanol–water partition coefficient (Wildman–Crippen LogP) is 2.95. The number of piperazine rings is 1. The number of rotatable bonds is 7. The van der Waals surface area contributed by atoms with E-state index in [4.69, 9.17) is 0 Å². The number of carbonyl (C=O) groups is 1. The van der Waals surface area contributed by atoms with Crippen LogP contribution in [-0.4, -0.2) is 53.1 Å². The third kappa shape index (κ3) is 5.22. The lowest BCUT2D eigenvalue weighted by Gasteiger charge is -2.37. The van der Waals surface area contributed by atoms with Crippen LogP contribution in [0.3, 0.4) is 0 Å². The molecule has 0 radical (unpaired) electrons. The zero-order valence-corrected chi connectivity index (χ0v) is 19.1. The Kier molecular flexibility index (Phi) is 7.03. The van der Waals surface area contributed by atoms with Crippen LogP contribution in [0.5, 0.6) is 0 Å². The Morgan fingerprint density at radius 3 is 2.67 bits per heavy atom. The summed E-state index contributed by atoms with van der Waals surface area (Å²) < 4.78 is 15.5. The summed E-state index contributed by atoms with van der Waals surface area (Å²) in [6.07, 6.45) is 1.60. The fourth-order valence-corrected chi connectivity index (χ4v) is 4.34. The largest absolute Gasteiger partial charge is 0.369 e. The summed E-state index contributed by atoms with van der Waals surface area (Å²) >= 11 is 0. The van der Waals surface area contributed by atoms with Gasteiger partial charge in [0.1, 0.15) is 5.82 Å². The van der Waals surface area contributed by atoms with Crippen LogP contribution in [0.15, 0.2) is 53.6 Å². The van der Waals surface area contributed by atoms with E-state index in [1.807, 2.05) is 13.0 Å². The number of nitrogens with zero attached hydrogens (tertiary/aromatic N) is 4. The fraction of sp³-hybridized carbons (Fsp3) is 0.400. The van der Waals surface area contributed by atoms with Crippen molar-refractivity contribution in [3.63, 3.8) is 0 Å². The SMILES string of the molecule is CCN1CCN(c2ccc(F)cc2[C@H](C)NC(=O)CCn2cnc3ccccc3c2=O)CC1. The lowest BCUT2D eigenvalue weighted by atomic mass is 10.0. The molecule has 0 unspecified atom stereocenters. The zero-order valence-electron chi connectivity index (χ0n) is 19.1. The molecule has 3 aromatic rings. The third-order valence-corrected chi connectivity index (χ3v) is 6.31. The Labute approximate surface area is 192 Å². The molecule has 2 heterocycles. The van der Waals surface area contributed by atoms with E-state index in [1.165, 1.54) is 23.0 Å². The molecule has 0 spiro atoms. The summed E-state index contributed by atoms with van der Waals surface area (Å²) in [6.45, 7) is 8.92. The van der Waals surface area contributed by atoms with E-state index >= 15 is 0 Å². The number of carbonyl (C=O) groups excluding carboxylic acids is 1.